The Balaban J connectivity index is 2.26. The van der Waals surface area contributed by atoms with Gasteiger partial charge in [0.05, 0.1) is 5.60 Å². The summed E-state index contributed by atoms with van der Waals surface area (Å²) in [5.74, 6) is -2.01. The number of benzene rings is 1. The van der Waals surface area contributed by atoms with Crippen molar-refractivity contribution in [2.45, 2.75) is 37.7 Å². The largest absolute Gasteiger partial charge is 0.390 e. The molecule has 1 aliphatic carbocycles. The molecule has 17 heavy (non-hydrogen) atoms. The van der Waals surface area contributed by atoms with E-state index in [4.69, 9.17) is 0 Å². The Labute approximate surface area is 98.3 Å². The predicted octanol–water partition coefficient (Wildman–Crippen LogP) is 2.55. The van der Waals surface area contributed by atoms with Gasteiger partial charge < -0.3 is 5.11 Å². The third-order valence-electron chi connectivity index (χ3n) is 3.20. The molecule has 1 fully saturated rings. The van der Waals surface area contributed by atoms with Crippen LogP contribution in [0.5, 0.6) is 0 Å². The fraction of sp³-hybridized carbons (Fsp3) is 0.462. The molecular weight excluding hydrogens is 226 g/mol. The standard InChI is InChI=1S/C13H14F2O2/c1-13(17)3-2-11(12(16)7-13)8-4-9(14)6-10(15)5-8/h4-6,11,17H,2-3,7H2,1H3. The van der Waals surface area contributed by atoms with Crippen LogP contribution in [0.15, 0.2) is 18.2 Å². The zero-order valence-corrected chi connectivity index (χ0v) is 9.54. The lowest BCUT2D eigenvalue weighted by atomic mass is 9.76. The molecule has 2 rings (SSSR count). The van der Waals surface area contributed by atoms with Crippen LogP contribution >= 0.6 is 0 Å². The normalized spacial score (nSPS) is 29.4. The Bertz CT molecular complexity index is 434. The average Bonchev–Trinajstić information content (AvgIpc) is 2.13. The summed E-state index contributed by atoms with van der Waals surface area (Å²) in [6.45, 7) is 1.60. The number of ketones is 1. The maximum absolute atomic E-state index is 13.1. The maximum Gasteiger partial charge on any atom is 0.143 e. The molecule has 1 aromatic rings. The van der Waals surface area contributed by atoms with Crippen molar-refractivity contribution in [3.8, 4) is 0 Å². The molecule has 2 atom stereocenters. The highest BCUT2D eigenvalue weighted by atomic mass is 19.1. The van der Waals surface area contributed by atoms with Crippen LogP contribution in [0.4, 0.5) is 8.78 Å². The maximum atomic E-state index is 13.1. The third-order valence-corrected chi connectivity index (χ3v) is 3.20. The van der Waals surface area contributed by atoms with E-state index in [0.29, 0.717) is 18.4 Å². The van der Waals surface area contributed by atoms with Crippen LogP contribution in [0, 0.1) is 11.6 Å². The minimum absolute atomic E-state index is 0.0375. The van der Waals surface area contributed by atoms with Gasteiger partial charge in [0.25, 0.3) is 0 Å². The second-order valence-electron chi connectivity index (χ2n) is 4.93. The second kappa shape index (κ2) is 4.18. The van der Waals surface area contributed by atoms with Gasteiger partial charge in [-0.25, -0.2) is 8.78 Å². The van der Waals surface area contributed by atoms with Crippen LogP contribution in [0.2, 0.25) is 0 Å². The molecule has 92 valence electrons. The highest BCUT2D eigenvalue weighted by molar-refractivity contribution is 5.87. The Morgan fingerprint density at radius 3 is 2.41 bits per heavy atom. The molecule has 2 nitrogen and oxygen atoms in total. The summed E-state index contributed by atoms with van der Waals surface area (Å²) in [5, 5.41) is 9.75. The highest BCUT2D eigenvalue weighted by Crippen LogP contribution is 2.35. The summed E-state index contributed by atoms with van der Waals surface area (Å²) in [7, 11) is 0. The average molecular weight is 240 g/mol. The molecule has 0 bridgehead atoms. The van der Waals surface area contributed by atoms with E-state index in [2.05, 4.69) is 0 Å². The first-order chi connectivity index (χ1) is 7.87. The lowest BCUT2D eigenvalue weighted by Crippen LogP contribution is -2.36. The van der Waals surface area contributed by atoms with Gasteiger partial charge in [0.2, 0.25) is 0 Å². The van der Waals surface area contributed by atoms with E-state index in [1.165, 1.54) is 12.1 Å². The number of carbonyl (C=O) groups is 1. The molecule has 0 radical (unpaired) electrons. The molecule has 0 heterocycles. The summed E-state index contributed by atoms with van der Waals surface area (Å²) in [5.41, 5.74) is -0.623. The molecule has 1 N–H and O–H groups in total. The van der Waals surface area contributed by atoms with Gasteiger partial charge in [0.1, 0.15) is 17.4 Å². The monoisotopic (exact) mass is 240 g/mol. The molecule has 0 amide bonds. The van der Waals surface area contributed by atoms with Crippen molar-refractivity contribution in [1.29, 1.82) is 0 Å². The number of hydrogen-bond acceptors (Lipinski definition) is 2. The quantitative estimate of drug-likeness (QED) is 0.819. The molecule has 0 saturated heterocycles. The minimum Gasteiger partial charge on any atom is -0.390 e. The van der Waals surface area contributed by atoms with Gasteiger partial charge in [-0.2, -0.15) is 0 Å². The van der Waals surface area contributed by atoms with Crippen molar-refractivity contribution < 1.29 is 18.7 Å². The van der Waals surface area contributed by atoms with Crippen LogP contribution in [0.1, 0.15) is 37.7 Å². The second-order valence-corrected chi connectivity index (χ2v) is 4.93. The summed E-state index contributed by atoms with van der Waals surface area (Å²) in [6.07, 6.45) is 0.923. The fourth-order valence-electron chi connectivity index (χ4n) is 2.33. The molecule has 1 aromatic carbocycles. The number of carbonyl (C=O) groups excluding carboxylic acids is 1. The van der Waals surface area contributed by atoms with Crippen molar-refractivity contribution in [2.24, 2.45) is 0 Å². The molecule has 0 aliphatic heterocycles. The predicted molar refractivity (Wildman–Crippen MR) is 58.6 cm³/mol. The molecule has 0 aromatic heterocycles. The fourth-order valence-corrected chi connectivity index (χ4v) is 2.33. The first kappa shape index (κ1) is 12.2. The van der Waals surface area contributed by atoms with Gasteiger partial charge in [-0.15, -0.1) is 0 Å². The third kappa shape index (κ3) is 2.69. The zero-order chi connectivity index (χ0) is 12.6. The first-order valence-corrected chi connectivity index (χ1v) is 5.58. The Kier molecular flexibility index (Phi) is 3.00. The van der Waals surface area contributed by atoms with Crippen molar-refractivity contribution in [2.75, 3.05) is 0 Å². The summed E-state index contributed by atoms with van der Waals surface area (Å²) in [4.78, 5) is 11.8. The number of Topliss-reactive ketones (excluding diaryl/α,β-unsaturated/α-hetero) is 1. The van der Waals surface area contributed by atoms with E-state index in [9.17, 15) is 18.7 Å². The van der Waals surface area contributed by atoms with E-state index in [0.717, 1.165) is 6.07 Å². The van der Waals surface area contributed by atoms with Crippen molar-refractivity contribution >= 4 is 5.78 Å². The van der Waals surface area contributed by atoms with E-state index in [-0.39, 0.29) is 12.2 Å². The first-order valence-electron chi connectivity index (χ1n) is 5.58. The van der Waals surface area contributed by atoms with Gasteiger partial charge in [-0.1, -0.05) is 0 Å². The SMILES string of the molecule is CC1(O)CCC(c2cc(F)cc(F)c2)C(=O)C1. The number of halogens is 2. The Morgan fingerprint density at radius 1 is 1.29 bits per heavy atom. The lowest BCUT2D eigenvalue weighted by molar-refractivity contribution is -0.128. The van der Waals surface area contributed by atoms with Crippen LogP contribution in [0.3, 0.4) is 0 Å². The summed E-state index contributed by atoms with van der Waals surface area (Å²) in [6, 6.07) is 3.16. The molecule has 4 heteroatoms. The van der Waals surface area contributed by atoms with Crippen LogP contribution in [-0.2, 0) is 4.79 Å². The van der Waals surface area contributed by atoms with Crippen LogP contribution < -0.4 is 0 Å². The number of aliphatic hydroxyl groups is 1. The van der Waals surface area contributed by atoms with Crippen LogP contribution in [0.25, 0.3) is 0 Å². The van der Waals surface area contributed by atoms with Gasteiger partial charge in [0.15, 0.2) is 0 Å². The summed E-state index contributed by atoms with van der Waals surface area (Å²) >= 11 is 0. The topological polar surface area (TPSA) is 37.3 Å². The number of hydrogen-bond donors (Lipinski definition) is 1. The van der Waals surface area contributed by atoms with Crippen molar-refractivity contribution in [1.82, 2.24) is 0 Å². The van der Waals surface area contributed by atoms with Gasteiger partial charge in [-0.05, 0) is 37.5 Å². The molecular formula is C13H14F2O2. The van der Waals surface area contributed by atoms with Crippen molar-refractivity contribution in [3.05, 3.63) is 35.4 Å². The van der Waals surface area contributed by atoms with Gasteiger partial charge >= 0.3 is 0 Å². The van der Waals surface area contributed by atoms with E-state index in [1.54, 1.807) is 6.92 Å². The van der Waals surface area contributed by atoms with E-state index in [1.807, 2.05) is 0 Å². The lowest BCUT2D eigenvalue weighted by Gasteiger charge is -2.32. The Hall–Kier alpha value is -1.29. The smallest absolute Gasteiger partial charge is 0.143 e. The minimum atomic E-state index is -0.987. The Morgan fingerprint density at radius 2 is 1.88 bits per heavy atom. The zero-order valence-electron chi connectivity index (χ0n) is 9.54. The van der Waals surface area contributed by atoms with E-state index < -0.39 is 23.2 Å². The molecule has 1 aliphatic rings. The van der Waals surface area contributed by atoms with E-state index >= 15 is 0 Å². The highest BCUT2D eigenvalue weighted by Gasteiger charge is 2.35. The molecule has 2 unspecified atom stereocenters. The van der Waals surface area contributed by atoms with Gasteiger partial charge in [0, 0.05) is 18.4 Å². The number of rotatable bonds is 1. The van der Waals surface area contributed by atoms with Crippen LogP contribution in [-0.4, -0.2) is 16.5 Å². The van der Waals surface area contributed by atoms with Gasteiger partial charge in [-0.3, -0.25) is 4.79 Å². The summed E-state index contributed by atoms with van der Waals surface area (Å²) < 4.78 is 26.1. The molecule has 0 spiro atoms. The van der Waals surface area contributed by atoms with Crippen molar-refractivity contribution in [3.63, 3.8) is 0 Å². The molecule has 1 saturated carbocycles.